The summed E-state index contributed by atoms with van der Waals surface area (Å²) in [6.07, 6.45) is 0. The molecule has 0 unspecified atom stereocenters. The highest BCUT2D eigenvalue weighted by molar-refractivity contribution is 6.71. The van der Waals surface area contributed by atoms with Crippen LogP contribution < -0.4 is 0 Å². The highest BCUT2D eigenvalue weighted by Gasteiger charge is 2.30. The minimum Gasteiger partial charge on any atom is -0.416 e. The van der Waals surface area contributed by atoms with Gasteiger partial charge in [-0.3, -0.25) is 0 Å². The van der Waals surface area contributed by atoms with E-state index in [0.29, 0.717) is 0 Å². The van der Waals surface area contributed by atoms with Crippen molar-refractivity contribution in [2.45, 2.75) is 51.8 Å². The molecule has 0 atom stereocenters. The van der Waals surface area contributed by atoms with Gasteiger partial charge in [-0.15, -0.1) is 0 Å². The summed E-state index contributed by atoms with van der Waals surface area (Å²) in [6, 6.07) is 0. The van der Waals surface area contributed by atoms with E-state index < -0.39 is 17.1 Å². The second kappa shape index (κ2) is 3.41. The molecule has 1 nitrogen and oxygen atoms in total. The van der Waals surface area contributed by atoms with Crippen LogP contribution in [0.3, 0.4) is 0 Å². The zero-order chi connectivity index (χ0) is 9.28. The zero-order valence-corrected chi connectivity index (χ0v) is 11.1. The Morgan fingerprint density at radius 1 is 1.09 bits per heavy atom. The monoisotopic (exact) mass is 190 g/mol. The van der Waals surface area contributed by atoms with E-state index in [2.05, 4.69) is 46.6 Å². The van der Waals surface area contributed by atoms with E-state index in [1.165, 1.54) is 0 Å². The second-order valence-electron chi connectivity index (χ2n) is 4.97. The van der Waals surface area contributed by atoms with Gasteiger partial charge in [-0.05, 0) is 33.5 Å². The van der Waals surface area contributed by atoms with Crippen LogP contribution in [0, 0.1) is 0 Å². The van der Waals surface area contributed by atoms with Crippen LogP contribution in [0.2, 0.25) is 32.7 Å². The van der Waals surface area contributed by atoms with Gasteiger partial charge in [0.1, 0.15) is 0 Å². The van der Waals surface area contributed by atoms with Gasteiger partial charge in [0.2, 0.25) is 0 Å². The first kappa shape index (κ1) is 11.4. The van der Waals surface area contributed by atoms with E-state index in [1.807, 2.05) is 0 Å². The summed E-state index contributed by atoms with van der Waals surface area (Å²) >= 11 is 0. The molecule has 0 saturated heterocycles. The second-order valence-corrected chi connectivity index (χ2v) is 13.1. The van der Waals surface area contributed by atoms with Crippen LogP contribution in [-0.2, 0) is 4.43 Å². The van der Waals surface area contributed by atoms with Gasteiger partial charge in [0.05, 0.1) is 8.80 Å². The SMILES string of the molecule is C[SiH](C)C(C)(C)O[Si](C)(C)C. The minimum atomic E-state index is -1.32. The van der Waals surface area contributed by atoms with E-state index in [0.717, 1.165) is 0 Å². The summed E-state index contributed by atoms with van der Waals surface area (Å²) in [5, 5.41) is 0.185. The molecule has 0 saturated carbocycles. The summed E-state index contributed by atoms with van der Waals surface area (Å²) in [5.74, 6) is 0. The van der Waals surface area contributed by atoms with Crippen molar-refractivity contribution in [3.8, 4) is 0 Å². The summed E-state index contributed by atoms with van der Waals surface area (Å²) in [7, 11) is -1.99. The first-order chi connectivity index (χ1) is 4.65. The molecule has 0 aromatic rings. The molecule has 0 spiro atoms. The predicted molar refractivity (Wildman–Crippen MR) is 57.4 cm³/mol. The van der Waals surface area contributed by atoms with Crippen molar-refractivity contribution in [2.75, 3.05) is 0 Å². The molecule has 68 valence electrons. The molecule has 0 aliphatic carbocycles. The quantitative estimate of drug-likeness (QED) is 0.622. The van der Waals surface area contributed by atoms with E-state index >= 15 is 0 Å². The molecule has 0 heterocycles. The molecular weight excluding hydrogens is 168 g/mol. The maximum absolute atomic E-state index is 6.09. The summed E-state index contributed by atoms with van der Waals surface area (Å²) in [6.45, 7) is 15.9. The fourth-order valence-corrected chi connectivity index (χ4v) is 4.49. The van der Waals surface area contributed by atoms with Crippen molar-refractivity contribution in [3.63, 3.8) is 0 Å². The van der Waals surface area contributed by atoms with Gasteiger partial charge in [0, 0.05) is 5.22 Å². The van der Waals surface area contributed by atoms with E-state index in [9.17, 15) is 0 Å². The topological polar surface area (TPSA) is 9.23 Å². The average Bonchev–Trinajstić information content (AvgIpc) is 1.56. The molecule has 0 amide bonds. The predicted octanol–water partition coefficient (Wildman–Crippen LogP) is 2.64. The van der Waals surface area contributed by atoms with Gasteiger partial charge >= 0.3 is 0 Å². The van der Waals surface area contributed by atoms with Gasteiger partial charge in [0.15, 0.2) is 8.32 Å². The van der Waals surface area contributed by atoms with Gasteiger partial charge in [0.25, 0.3) is 0 Å². The van der Waals surface area contributed by atoms with Crippen LogP contribution >= 0.6 is 0 Å². The molecule has 0 N–H and O–H groups in total. The molecule has 0 aromatic heterocycles. The molecule has 0 fully saturated rings. The lowest BCUT2D eigenvalue weighted by atomic mass is 10.5. The first-order valence-corrected chi connectivity index (χ1v) is 10.6. The molecule has 0 aromatic carbocycles. The fourth-order valence-electron chi connectivity index (χ4n) is 0.907. The van der Waals surface area contributed by atoms with Crippen LogP contribution in [-0.4, -0.2) is 22.3 Å². The lowest BCUT2D eigenvalue weighted by Gasteiger charge is -2.35. The fraction of sp³-hybridized carbons (Fsp3) is 1.00. The zero-order valence-electron chi connectivity index (χ0n) is 8.99. The largest absolute Gasteiger partial charge is 0.416 e. The molecular formula is C8H22OSi2. The van der Waals surface area contributed by atoms with Crippen molar-refractivity contribution in [1.82, 2.24) is 0 Å². The minimum absolute atomic E-state index is 0.185. The van der Waals surface area contributed by atoms with E-state index in [1.54, 1.807) is 0 Å². The Kier molecular flexibility index (Phi) is 3.53. The van der Waals surface area contributed by atoms with Crippen molar-refractivity contribution in [2.24, 2.45) is 0 Å². The van der Waals surface area contributed by atoms with Gasteiger partial charge in [-0.1, -0.05) is 13.1 Å². The number of hydrogen-bond donors (Lipinski definition) is 0. The summed E-state index contributed by atoms with van der Waals surface area (Å²) in [4.78, 5) is 0. The molecule has 0 aliphatic heterocycles. The van der Waals surface area contributed by atoms with Crippen molar-refractivity contribution in [3.05, 3.63) is 0 Å². The lowest BCUT2D eigenvalue weighted by molar-refractivity contribution is 0.182. The van der Waals surface area contributed by atoms with E-state index in [-0.39, 0.29) is 5.22 Å². The smallest absolute Gasteiger partial charge is 0.184 e. The molecule has 0 radical (unpaired) electrons. The molecule has 0 bridgehead atoms. The molecule has 0 rings (SSSR count). The van der Waals surface area contributed by atoms with Crippen LogP contribution in [0.25, 0.3) is 0 Å². The van der Waals surface area contributed by atoms with Crippen LogP contribution in [0.5, 0.6) is 0 Å². The van der Waals surface area contributed by atoms with E-state index in [4.69, 9.17) is 4.43 Å². The number of hydrogen-bond acceptors (Lipinski definition) is 1. The maximum Gasteiger partial charge on any atom is 0.184 e. The first-order valence-electron chi connectivity index (χ1n) is 4.35. The maximum atomic E-state index is 6.09. The summed E-state index contributed by atoms with van der Waals surface area (Å²) < 4.78 is 6.09. The highest BCUT2D eigenvalue weighted by Crippen LogP contribution is 2.19. The Hall–Kier alpha value is 0.394. The Labute approximate surface area is 73.9 Å². The molecule has 0 aliphatic rings. The van der Waals surface area contributed by atoms with Crippen LogP contribution in [0.4, 0.5) is 0 Å². The number of rotatable bonds is 3. The Morgan fingerprint density at radius 3 is 1.55 bits per heavy atom. The van der Waals surface area contributed by atoms with Gasteiger partial charge in [-0.2, -0.15) is 0 Å². The van der Waals surface area contributed by atoms with Crippen LogP contribution in [0.15, 0.2) is 0 Å². The van der Waals surface area contributed by atoms with Crippen molar-refractivity contribution < 1.29 is 4.43 Å². The van der Waals surface area contributed by atoms with Gasteiger partial charge in [-0.25, -0.2) is 0 Å². The van der Waals surface area contributed by atoms with Gasteiger partial charge < -0.3 is 4.43 Å². The normalized spacial score (nSPS) is 14.2. The highest BCUT2D eigenvalue weighted by atomic mass is 28.4. The average molecular weight is 190 g/mol. The lowest BCUT2D eigenvalue weighted by Crippen LogP contribution is -2.46. The van der Waals surface area contributed by atoms with Crippen molar-refractivity contribution >= 4 is 17.1 Å². The third kappa shape index (κ3) is 4.77. The molecule has 3 heteroatoms. The molecule has 11 heavy (non-hydrogen) atoms. The van der Waals surface area contributed by atoms with Crippen LogP contribution in [0.1, 0.15) is 13.8 Å². The standard InChI is InChI=1S/C8H22OSi2/c1-8(2,10(3)4)9-11(5,6)7/h10H,1-7H3. The Bertz CT molecular complexity index is 125. The third-order valence-electron chi connectivity index (χ3n) is 1.96. The third-order valence-corrected chi connectivity index (χ3v) is 6.23. The summed E-state index contributed by atoms with van der Waals surface area (Å²) in [5.41, 5.74) is 0. The Balaban J connectivity index is 4.13. The van der Waals surface area contributed by atoms with Crippen molar-refractivity contribution in [1.29, 1.82) is 0 Å². The Morgan fingerprint density at radius 2 is 1.45 bits per heavy atom.